The zero-order chi connectivity index (χ0) is 29.5. The topological polar surface area (TPSA) is 76.6 Å². The Balaban J connectivity index is 1.39. The number of carbonyl (C=O) groups excluding carboxylic acids is 1. The van der Waals surface area contributed by atoms with E-state index in [1.165, 1.54) is 12.8 Å². The molecule has 0 radical (unpaired) electrons. The Labute approximate surface area is 249 Å². The average molecular weight is 567 g/mol. The number of rotatable bonds is 11. The maximum atomic E-state index is 13.2. The number of carbonyl (C=O) groups is 1. The summed E-state index contributed by atoms with van der Waals surface area (Å²) >= 11 is 0. The molecule has 1 aromatic heterocycles. The van der Waals surface area contributed by atoms with E-state index in [4.69, 9.17) is 19.4 Å². The summed E-state index contributed by atoms with van der Waals surface area (Å²) in [4.78, 5) is 25.8. The zero-order valence-electron chi connectivity index (χ0n) is 25.2. The van der Waals surface area contributed by atoms with Crippen LogP contribution >= 0.6 is 0 Å². The van der Waals surface area contributed by atoms with Crippen LogP contribution in [0.2, 0.25) is 0 Å². The smallest absolute Gasteiger partial charge is 0.251 e. The van der Waals surface area contributed by atoms with Crippen molar-refractivity contribution in [3.8, 4) is 34.0 Å². The molecule has 1 N–H and O–H groups in total. The van der Waals surface area contributed by atoms with Gasteiger partial charge in [0.05, 0.1) is 35.6 Å². The molecule has 1 amide bonds. The van der Waals surface area contributed by atoms with Crippen molar-refractivity contribution in [1.82, 2.24) is 20.2 Å². The molecule has 5 rings (SSSR count). The molecule has 42 heavy (non-hydrogen) atoms. The normalized spacial score (nSPS) is 15.0. The molecule has 3 aromatic carbocycles. The van der Waals surface area contributed by atoms with Gasteiger partial charge in [-0.05, 0) is 118 Å². The lowest BCUT2D eigenvalue weighted by atomic mass is 9.98. The fraction of sp³-hybridized carbons (Fsp3) is 0.400. The lowest BCUT2D eigenvalue weighted by Crippen LogP contribution is -2.39. The van der Waals surface area contributed by atoms with Gasteiger partial charge >= 0.3 is 0 Å². The van der Waals surface area contributed by atoms with Crippen LogP contribution in [0, 0.1) is 11.8 Å². The Morgan fingerprint density at radius 2 is 1.40 bits per heavy atom. The van der Waals surface area contributed by atoms with E-state index < -0.39 is 0 Å². The predicted molar refractivity (Wildman–Crippen MR) is 169 cm³/mol. The Bertz CT molecular complexity index is 1480. The molecule has 220 valence electrons. The van der Waals surface area contributed by atoms with Gasteiger partial charge in [0.2, 0.25) is 0 Å². The number of amides is 1. The summed E-state index contributed by atoms with van der Waals surface area (Å²) in [5.74, 6) is 2.73. The highest BCUT2D eigenvalue weighted by atomic mass is 16.5. The van der Waals surface area contributed by atoms with E-state index in [9.17, 15) is 4.79 Å². The molecular formula is C35H42N4O3. The molecule has 7 nitrogen and oxygen atoms in total. The van der Waals surface area contributed by atoms with E-state index in [2.05, 4.69) is 24.1 Å². The molecule has 0 aliphatic carbocycles. The third-order valence-corrected chi connectivity index (χ3v) is 7.86. The van der Waals surface area contributed by atoms with Gasteiger partial charge in [-0.25, -0.2) is 9.97 Å². The second-order valence-electron chi connectivity index (χ2n) is 11.3. The van der Waals surface area contributed by atoms with Crippen molar-refractivity contribution in [2.24, 2.45) is 11.8 Å². The van der Waals surface area contributed by atoms with Crippen LogP contribution in [0.25, 0.3) is 33.5 Å². The number of nitrogens with one attached hydrogen (secondary N) is 1. The SMILES string of the molecule is CCOc1ccc(-c2nc3ccc(C(=O)NC[C@@H](C)CN4CCC(C)CC4)cc3nc2-c2ccc(OCC)cc2)cc1. The monoisotopic (exact) mass is 566 g/mol. The van der Waals surface area contributed by atoms with Crippen molar-refractivity contribution in [3.63, 3.8) is 0 Å². The molecule has 0 unspecified atom stereocenters. The van der Waals surface area contributed by atoms with E-state index in [1.54, 1.807) is 0 Å². The number of piperidine rings is 1. The van der Waals surface area contributed by atoms with Crippen molar-refractivity contribution in [2.75, 3.05) is 39.4 Å². The van der Waals surface area contributed by atoms with E-state index in [0.717, 1.165) is 65.1 Å². The van der Waals surface area contributed by atoms with Crippen LogP contribution < -0.4 is 14.8 Å². The first-order valence-corrected chi connectivity index (χ1v) is 15.2. The van der Waals surface area contributed by atoms with E-state index in [0.29, 0.717) is 36.8 Å². The van der Waals surface area contributed by atoms with Crippen molar-refractivity contribution in [1.29, 1.82) is 0 Å². The third-order valence-electron chi connectivity index (χ3n) is 7.86. The number of aromatic nitrogens is 2. The lowest BCUT2D eigenvalue weighted by molar-refractivity contribution is 0.0941. The van der Waals surface area contributed by atoms with E-state index in [-0.39, 0.29) is 5.91 Å². The highest BCUT2D eigenvalue weighted by Gasteiger charge is 2.19. The number of ether oxygens (including phenoxy) is 2. The lowest BCUT2D eigenvalue weighted by Gasteiger charge is -2.32. The number of hydrogen-bond donors (Lipinski definition) is 1. The first-order chi connectivity index (χ1) is 20.4. The number of benzene rings is 3. The molecule has 1 fully saturated rings. The molecule has 1 atom stereocenters. The predicted octanol–water partition coefficient (Wildman–Crippen LogP) is 6.86. The van der Waals surface area contributed by atoms with Gasteiger partial charge in [-0.2, -0.15) is 0 Å². The second-order valence-corrected chi connectivity index (χ2v) is 11.3. The van der Waals surface area contributed by atoms with Gasteiger partial charge in [-0.15, -0.1) is 0 Å². The molecule has 0 saturated carbocycles. The van der Waals surface area contributed by atoms with Gasteiger partial charge in [0, 0.05) is 29.8 Å². The first kappa shape index (κ1) is 29.5. The fourth-order valence-corrected chi connectivity index (χ4v) is 5.47. The minimum Gasteiger partial charge on any atom is -0.494 e. The Kier molecular flexibility index (Phi) is 9.70. The summed E-state index contributed by atoms with van der Waals surface area (Å²) in [5, 5.41) is 3.14. The minimum atomic E-state index is -0.0870. The zero-order valence-corrected chi connectivity index (χ0v) is 25.2. The maximum absolute atomic E-state index is 13.2. The number of hydrogen-bond acceptors (Lipinski definition) is 6. The van der Waals surface area contributed by atoms with Gasteiger partial charge in [0.15, 0.2) is 0 Å². The highest BCUT2D eigenvalue weighted by molar-refractivity contribution is 5.98. The van der Waals surface area contributed by atoms with Gasteiger partial charge in [-0.1, -0.05) is 13.8 Å². The maximum Gasteiger partial charge on any atom is 0.251 e. The summed E-state index contributed by atoms with van der Waals surface area (Å²) in [5.41, 5.74) is 5.38. The van der Waals surface area contributed by atoms with Gasteiger partial charge in [0.25, 0.3) is 5.91 Å². The van der Waals surface area contributed by atoms with Gasteiger partial charge in [-0.3, -0.25) is 4.79 Å². The molecular weight excluding hydrogens is 524 g/mol. The standard InChI is InChI=1S/C35H42N4O3/c1-5-41-29-12-7-26(8-13-29)33-34(27-9-14-30(15-10-27)42-6-2)38-32-21-28(11-16-31(32)37-33)35(40)36-22-25(4)23-39-19-17-24(3)18-20-39/h7-16,21,24-25H,5-6,17-20,22-23H2,1-4H3,(H,36,40)/t25-/m1/s1. The molecule has 1 saturated heterocycles. The molecule has 0 spiro atoms. The fourth-order valence-electron chi connectivity index (χ4n) is 5.47. The average Bonchev–Trinajstić information content (AvgIpc) is 3.01. The molecule has 2 heterocycles. The van der Waals surface area contributed by atoms with Crippen LogP contribution in [0.5, 0.6) is 11.5 Å². The van der Waals surface area contributed by atoms with Gasteiger partial charge in [0.1, 0.15) is 11.5 Å². The minimum absolute atomic E-state index is 0.0870. The third kappa shape index (κ3) is 7.26. The number of likely N-dealkylation sites (tertiary alicyclic amines) is 1. The summed E-state index contributed by atoms with van der Waals surface area (Å²) in [6.45, 7) is 13.6. The summed E-state index contributed by atoms with van der Waals surface area (Å²) in [6, 6.07) is 21.4. The molecule has 1 aliphatic heterocycles. The van der Waals surface area contributed by atoms with Crippen LogP contribution in [0.15, 0.2) is 66.7 Å². The quantitative estimate of drug-likeness (QED) is 0.214. The molecule has 1 aliphatic rings. The van der Waals surface area contributed by atoms with Crippen LogP contribution in [-0.4, -0.2) is 60.2 Å². The van der Waals surface area contributed by atoms with Crippen LogP contribution in [0.4, 0.5) is 0 Å². The second kappa shape index (κ2) is 13.8. The van der Waals surface area contributed by atoms with Crippen LogP contribution in [0.1, 0.15) is 50.9 Å². The Morgan fingerprint density at radius 1 is 0.857 bits per heavy atom. The molecule has 4 aromatic rings. The highest BCUT2D eigenvalue weighted by Crippen LogP contribution is 2.33. The van der Waals surface area contributed by atoms with Gasteiger partial charge < -0.3 is 19.7 Å². The Hall–Kier alpha value is -3.97. The van der Waals surface area contributed by atoms with E-state index in [1.807, 2.05) is 80.6 Å². The Morgan fingerprint density at radius 3 is 1.95 bits per heavy atom. The van der Waals surface area contributed by atoms with Crippen molar-refractivity contribution in [3.05, 3.63) is 72.3 Å². The number of nitrogens with zero attached hydrogens (tertiary/aromatic N) is 3. The first-order valence-electron chi connectivity index (χ1n) is 15.2. The van der Waals surface area contributed by atoms with Crippen LogP contribution in [0.3, 0.4) is 0 Å². The van der Waals surface area contributed by atoms with Crippen molar-refractivity contribution in [2.45, 2.75) is 40.5 Å². The van der Waals surface area contributed by atoms with Crippen molar-refractivity contribution < 1.29 is 14.3 Å². The largest absolute Gasteiger partial charge is 0.494 e. The summed E-state index contributed by atoms with van der Waals surface area (Å²) < 4.78 is 11.3. The van der Waals surface area contributed by atoms with E-state index >= 15 is 0 Å². The summed E-state index contributed by atoms with van der Waals surface area (Å²) in [7, 11) is 0. The summed E-state index contributed by atoms with van der Waals surface area (Å²) in [6.07, 6.45) is 2.52. The number of fused-ring (bicyclic) bond motifs is 1. The molecule has 7 heteroatoms. The van der Waals surface area contributed by atoms with Crippen molar-refractivity contribution >= 4 is 16.9 Å². The molecule has 0 bridgehead atoms. The van der Waals surface area contributed by atoms with Crippen LogP contribution in [-0.2, 0) is 0 Å².